The molecule has 2 aromatic rings. The van der Waals surface area contributed by atoms with Crippen molar-refractivity contribution in [1.29, 1.82) is 0 Å². The Kier molecular flexibility index (Phi) is 2.03. The number of H-pyrrole nitrogens is 1. The Labute approximate surface area is 87.9 Å². The summed E-state index contributed by atoms with van der Waals surface area (Å²) in [5.41, 5.74) is 9.99. The number of aromatic amines is 1. The highest BCUT2D eigenvalue weighted by molar-refractivity contribution is 5.85. The maximum atomic E-state index is 12.0. The minimum Gasteiger partial charge on any atom is -0.399 e. The maximum Gasteiger partial charge on any atom is 0.192 e. The van der Waals surface area contributed by atoms with Gasteiger partial charge in [-0.05, 0) is 38.5 Å². The van der Waals surface area contributed by atoms with Gasteiger partial charge in [0.25, 0.3) is 0 Å². The monoisotopic (exact) mass is 202 g/mol. The third-order valence-electron chi connectivity index (χ3n) is 2.82. The summed E-state index contributed by atoms with van der Waals surface area (Å²) < 4.78 is 0. The molecule has 15 heavy (non-hydrogen) atoms. The second-order valence-corrected chi connectivity index (χ2v) is 3.96. The zero-order valence-corrected chi connectivity index (χ0v) is 9.14. The fourth-order valence-electron chi connectivity index (χ4n) is 1.81. The molecular weight excluding hydrogens is 188 g/mol. The number of nitrogens with one attached hydrogen (secondary N) is 1. The number of fused-ring (bicyclic) bond motifs is 1. The molecule has 78 valence electrons. The molecule has 1 aromatic heterocycles. The summed E-state index contributed by atoms with van der Waals surface area (Å²) in [5.74, 6) is 0. The van der Waals surface area contributed by atoms with Crippen LogP contribution in [0.5, 0.6) is 0 Å². The van der Waals surface area contributed by atoms with Crippen molar-refractivity contribution in [3.8, 4) is 0 Å². The smallest absolute Gasteiger partial charge is 0.192 e. The molecular formula is C12H14N2O. The van der Waals surface area contributed by atoms with E-state index in [1.807, 2.05) is 26.8 Å². The van der Waals surface area contributed by atoms with Gasteiger partial charge in [-0.15, -0.1) is 0 Å². The van der Waals surface area contributed by atoms with E-state index in [-0.39, 0.29) is 5.43 Å². The number of hydrogen-bond donors (Lipinski definition) is 2. The first-order valence-corrected chi connectivity index (χ1v) is 4.90. The Hall–Kier alpha value is -1.77. The molecule has 0 aliphatic rings. The Morgan fingerprint density at radius 2 is 1.87 bits per heavy atom. The van der Waals surface area contributed by atoms with E-state index in [2.05, 4.69) is 4.98 Å². The summed E-state index contributed by atoms with van der Waals surface area (Å²) in [4.78, 5) is 15.2. The first-order valence-electron chi connectivity index (χ1n) is 4.90. The SMILES string of the molecule is Cc1[nH]c2c(C)cc(N)cc2c(=O)c1C. The van der Waals surface area contributed by atoms with Gasteiger partial charge in [0.2, 0.25) is 0 Å². The third kappa shape index (κ3) is 1.40. The zero-order valence-electron chi connectivity index (χ0n) is 9.14. The lowest BCUT2D eigenvalue weighted by atomic mass is 10.1. The van der Waals surface area contributed by atoms with E-state index in [1.165, 1.54) is 0 Å². The van der Waals surface area contributed by atoms with Gasteiger partial charge in [0.1, 0.15) is 0 Å². The highest BCUT2D eigenvalue weighted by Crippen LogP contribution is 2.18. The van der Waals surface area contributed by atoms with Crippen molar-refractivity contribution in [1.82, 2.24) is 4.98 Å². The van der Waals surface area contributed by atoms with Gasteiger partial charge in [0.15, 0.2) is 5.43 Å². The number of benzene rings is 1. The molecule has 0 radical (unpaired) electrons. The van der Waals surface area contributed by atoms with Crippen LogP contribution in [0, 0.1) is 20.8 Å². The van der Waals surface area contributed by atoms with E-state index in [0.717, 1.165) is 22.3 Å². The first-order chi connectivity index (χ1) is 7.00. The molecule has 3 nitrogen and oxygen atoms in total. The van der Waals surface area contributed by atoms with E-state index in [9.17, 15) is 4.79 Å². The van der Waals surface area contributed by atoms with Crippen LogP contribution in [0.3, 0.4) is 0 Å². The molecule has 0 saturated carbocycles. The van der Waals surface area contributed by atoms with Crippen molar-refractivity contribution in [2.75, 3.05) is 5.73 Å². The molecule has 0 saturated heterocycles. The largest absolute Gasteiger partial charge is 0.399 e. The van der Waals surface area contributed by atoms with Crippen LogP contribution < -0.4 is 11.2 Å². The summed E-state index contributed by atoms with van der Waals surface area (Å²) in [5, 5.41) is 0.676. The Balaban J connectivity index is 3.06. The molecule has 1 heterocycles. The molecule has 0 spiro atoms. The van der Waals surface area contributed by atoms with E-state index in [4.69, 9.17) is 5.73 Å². The van der Waals surface area contributed by atoms with Gasteiger partial charge >= 0.3 is 0 Å². The van der Waals surface area contributed by atoms with Crippen LogP contribution in [0.1, 0.15) is 16.8 Å². The first kappa shape index (κ1) is 9.77. The van der Waals surface area contributed by atoms with E-state index in [1.54, 1.807) is 6.07 Å². The van der Waals surface area contributed by atoms with Crippen LogP contribution in [-0.4, -0.2) is 4.98 Å². The standard InChI is InChI=1S/C12H14N2O/c1-6-4-9(13)5-10-11(6)14-8(3)7(2)12(10)15/h4-5H,13H2,1-3H3,(H,14,15). The summed E-state index contributed by atoms with van der Waals surface area (Å²) in [6.07, 6.45) is 0. The van der Waals surface area contributed by atoms with Crippen LogP contribution in [0.4, 0.5) is 5.69 Å². The van der Waals surface area contributed by atoms with Gasteiger partial charge in [-0.1, -0.05) is 0 Å². The number of nitrogens with two attached hydrogens (primary N) is 1. The predicted octanol–water partition coefficient (Wildman–Crippen LogP) is 2.04. The molecule has 0 aliphatic carbocycles. The predicted molar refractivity (Wildman–Crippen MR) is 63.2 cm³/mol. The van der Waals surface area contributed by atoms with Gasteiger partial charge in [-0.2, -0.15) is 0 Å². The Bertz CT molecular complexity index is 597. The molecule has 1 aromatic carbocycles. The number of pyridine rings is 1. The normalized spacial score (nSPS) is 10.9. The second kappa shape index (κ2) is 3.12. The van der Waals surface area contributed by atoms with Crippen LogP contribution in [-0.2, 0) is 0 Å². The van der Waals surface area contributed by atoms with Crippen molar-refractivity contribution in [3.63, 3.8) is 0 Å². The van der Waals surface area contributed by atoms with Crippen molar-refractivity contribution >= 4 is 16.6 Å². The van der Waals surface area contributed by atoms with Crippen molar-refractivity contribution in [2.24, 2.45) is 0 Å². The minimum atomic E-state index is 0.0663. The molecule has 2 rings (SSSR count). The molecule has 0 aliphatic heterocycles. The average Bonchev–Trinajstić information content (AvgIpc) is 2.17. The Morgan fingerprint density at radius 3 is 2.53 bits per heavy atom. The second-order valence-electron chi connectivity index (χ2n) is 3.96. The van der Waals surface area contributed by atoms with Gasteiger partial charge in [-0.3, -0.25) is 4.79 Å². The summed E-state index contributed by atoms with van der Waals surface area (Å²) in [6, 6.07) is 3.60. The lowest BCUT2D eigenvalue weighted by Gasteiger charge is -2.07. The molecule has 0 atom stereocenters. The topological polar surface area (TPSA) is 58.9 Å². The number of rotatable bonds is 0. The summed E-state index contributed by atoms with van der Waals surface area (Å²) >= 11 is 0. The molecule has 0 fully saturated rings. The third-order valence-corrected chi connectivity index (χ3v) is 2.82. The summed E-state index contributed by atoms with van der Waals surface area (Å²) in [7, 11) is 0. The van der Waals surface area contributed by atoms with Crippen LogP contribution in [0.2, 0.25) is 0 Å². The number of anilines is 1. The highest BCUT2D eigenvalue weighted by Gasteiger charge is 2.07. The zero-order chi connectivity index (χ0) is 11.2. The van der Waals surface area contributed by atoms with Gasteiger partial charge in [0.05, 0.1) is 5.52 Å². The number of hydrogen-bond acceptors (Lipinski definition) is 2. The number of nitrogen functional groups attached to an aromatic ring is 1. The molecule has 0 unspecified atom stereocenters. The molecule has 0 bridgehead atoms. The lowest BCUT2D eigenvalue weighted by Crippen LogP contribution is -2.10. The fraction of sp³-hybridized carbons (Fsp3) is 0.250. The Morgan fingerprint density at radius 1 is 1.20 bits per heavy atom. The van der Waals surface area contributed by atoms with E-state index >= 15 is 0 Å². The molecule has 0 amide bonds. The van der Waals surface area contributed by atoms with Gasteiger partial charge in [0, 0.05) is 22.3 Å². The molecule has 3 heteroatoms. The van der Waals surface area contributed by atoms with Crippen molar-refractivity contribution in [2.45, 2.75) is 20.8 Å². The van der Waals surface area contributed by atoms with E-state index < -0.39 is 0 Å². The van der Waals surface area contributed by atoms with Crippen LogP contribution in [0.25, 0.3) is 10.9 Å². The highest BCUT2D eigenvalue weighted by atomic mass is 16.1. The van der Waals surface area contributed by atoms with Gasteiger partial charge in [-0.25, -0.2) is 0 Å². The molecule has 3 N–H and O–H groups in total. The van der Waals surface area contributed by atoms with Crippen molar-refractivity contribution in [3.05, 3.63) is 39.2 Å². The minimum absolute atomic E-state index is 0.0663. The van der Waals surface area contributed by atoms with Crippen LogP contribution >= 0.6 is 0 Å². The maximum absolute atomic E-state index is 12.0. The number of aryl methyl sites for hydroxylation is 2. The van der Waals surface area contributed by atoms with Gasteiger partial charge < -0.3 is 10.7 Å². The van der Waals surface area contributed by atoms with Crippen LogP contribution in [0.15, 0.2) is 16.9 Å². The average molecular weight is 202 g/mol. The van der Waals surface area contributed by atoms with Crippen molar-refractivity contribution < 1.29 is 0 Å². The number of aromatic nitrogens is 1. The quantitative estimate of drug-likeness (QED) is 0.642. The summed E-state index contributed by atoms with van der Waals surface area (Å²) in [6.45, 7) is 5.68. The fourth-order valence-corrected chi connectivity index (χ4v) is 1.81. The van der Waals surface area contributed by atoms with E-state index in [0.29, 0.717) is 11.1 Å². The lowest BCUT2D eigenvalue weighted by molar-refractivity contribution is 1.17.